The smallest absolute Gasteiger partial charge is 0.285 e. The summed E-state index contributed by atoms with van der Waals surface area (Å²) in [6.45, 7) is 0.330. The van der Waals surface area contributed by atoms with Crippen molar-refractivity contribution in [3.8, 4) is 0 Å². The van der Waals surface area contributed by atoms with Gasteiger partial charge in [-0.05, 0) is 23.8 Å². The number of nitrogens with zero attached hydrogens (tertiary/aromatic N) is 2. The Morgan fingerprint density at radius 1 is 1.00 bits per heavy atom. The summed E-state index contributed by atoms with van der Waals surface area (Å²) in [5.74, 6) is 0. The van der Waals surface area contributed by atoms with Gasteiger partial charge in [0.2, 0.25) is 0 Å². The predicted octanol–water partition coefficient (Wildman–Crippen LogP) is 2.03. The lowest BCUT2D eigenvalue weighted by atomic mass is 10.2. The Balaban J connectivity index is 1.96. The van der Waals surface area contributed by atoms with Gasteiger partial charge in [-0.1, -0.05) is 30.3 Å². The molecule has 4 nitrogen and oxygen atoms in total. The minimum atomic E-state index is -0.220. The molecule has 2 heterocycles. The highest BCUT2D eigenvalue weighted by Crippen LogP contribution is 2.07. The van der Waals surface area contributed by atoms with Crippen LogP contribution in [0.1, 0.15) is 5.56 Å². The average Bonchev–Trinajstić information content (AvgIpc) is 2.47. The molecule has 4 heteroatoms. The molecule has 0 bridgehead atoms. The van der Waals surface area contributed by atoms with Crippen LogP contribution in [0.3, 0.4) is 0 Å². The molecule has 0 N–H and O–H groups in total. The molecule has 19 heavy (non-hydrogen) atoms. The normalized spacial score (nSPS) is 10.5. The molecule has 0 saturated carbocycles. The molecule has 2 aromatic heterocycles. The van der Waals surface area contributed by atoms with Crippen LogP contribution in [0.2, 0.25) is 0 Å². The SMILES string of the molecule is O=c1ccc2cccnc2n1OCc1ccccc1. The molecular weight excluding hydrogens is 240 g/mol. The molecule has 3 aromatic rings. The van der Waals surface area contributed by atoms with Crippen LogP contribution in [0.15, 0.2) is 65.6 Å². The fourth-order valence-electron chi connectivity index (χ4n) is 1.88. The summed E-state index contributed by atoms with van der Waals surface area (Å²) in [5.41, 5.74) is 1.32. The van der Waals surface area contributed by atoms with Crippen LogP contribution >= 0.6 is 0 Å². The first-order chi connectivity index (χ1) is 9.34. The van der Waals surface area contributed by atoms with Crippen molar-refractivity contribution in [1.29, 1.82) is 0 Å². The van der Waals surface area contributed by atoms with E-state index in [-0.39, 0.29) is 5.56 Å². The number of hydrogen-bond acceptors (Lipinski definition) is 3. The summed E-state index contributed by atoms with van der Waals surface area (Å²) in [5, 5.41) is 0.871. The van der Waals surface area contributed by atoms with Crippen molar-refractivity contribution >= 4 is 11.0 Å². The van der Waals surface area contributed by atoms with E-state index in [1.807, 2.05) is 42.5 Å². The van der Waals surface area contributed by atoms with Crippen molar-refractivity contribution in [3.05, 3.63) is 76.7 Å². The summed E-state index contributed by atoms with van der Waals surface area (Å²) in [4.78, 5) is 21.6. The first-order valence-electron chi connectivity index (χ1n) is 5.98. The highest BCUT2D eigenvalue weighted by molar-refractivity contribution is 5.74. The highest BCUT2D eigenvalue weighted by Gasteiger charge is 2.04. The van der Waals surface area contributed by atoms with Gasteiger partial charge in [-0.25, -0.2) is 4.98 Å². The van der Waals surface area contributed by atoms with E-state index in [4.69, 9.17) is 4.84 Å². The van der Waals surface area contributed by atoms with E-state index in [9.17, 15) is 4.79 Å². The first-order valence-corrected chi connectivity index (χ1v) is 5.98. The Morgan fingerprint density at radius 3 is 2.68 bits per heavy atom. The van der Waals surface area contributed by atoms with Crippen LogP contribution in [0, 0.1) is 0 Å². The zero-order valence-corrected chi connectivity index (χ0v) is 10.2. The molecule has 0 atom stereocenters. The minimum Gasteiger partial charge on any atom is -0.404 e. The maximum Gasteiger partial charge on any atom is 0.285 e. The summed E-state index contributed by atoms with van der Waals surface area (Å²) in [7, 11) is 0. The number of fused-ring (bicyclic) bond motifs is 1. The Bertz CT molecular complexity index is 751. The number of benzene rings is 1. The van der Waals surface area contributed by atoms with Crippen LogP contribution in [0.25, 0.3) is 11.0 Å². The molecule has 0 aliphatic carbocycles. The van der Waals surface area contributed by atoms with Crippen LogP contribution in [-0.4, -0.2) is 9.71 Å². The maximum absolute atomic E-state index is 11.9. The third-order valence-electron chi connectivity index (χ3n) is 2.82. The van der Waals surface area contributed by atoms with Crippen molar-refractivity contribution < 1.29 is 4.84 Å². The Kier molecular flexibility index (Phi) is 2.98. The Hall–Kier alpha value is -2.62. The molecule has 0 fully saturated rings. The van der Waals surface area contributed by atoms with Crippen LogP contribution in [-0.2, 0) is 6.61 Å². The van der Waals surface area contributed by atoms with Gasteiger partial charge in [-0.2, -0.15) is 0 Å². The topological polar surface area (TPSA) is 44.1 Å². The lowest BCUT2D eigenvalue weighted by Crippen LogP contribution is -2.26. The molecule has 0 spiro atoms. The van der Waals surface area contributed by atoms with E-state index in [1.165, 1.54) is 10.8 Å². The van der Waals surface area contributed by atoms with Crippen LogP contribution < -0.4 is 10.4 Å². The quantitative estimate of drug-likeness (QED) is 0.716. The Labute approximate surface area is 109 Å². The lowest BCUT2D eigenvalue weighted by molar-refractivity contribution is 0.0979. The van der Waals surface area contributed by atoms with Gasteiger partial charge < -0.3 is 4.84 Å². The third-order valence-corrected chi connectivity index (χ3v) is 2.82. The number of pyridine rings is 2. The third kappa shape index (κ3) is 2.33. The first kappa shape index (κ1) is 11.5. The van der Waals surface area contributed by atoms with Gasteiger partial charge >= 0.3 is 0 Å². The largest absolute Gasteiger partial charge is 0.404 e. The maximum atomic E-state index is 11.9. The van der Waals surface area contributed by atoms with Gasteiger partial charge in [0.25, 0.3) is 5.56 Å². The van der Waals surface area contributed by atoms with Crippen LogP contribution in [0.4, 0.5) is 0 Å². The van der Waals surface area contributed by atoms with Crippen molar-refractivity contribution in [1.82, 2.24) is 9.71 Å². The minimum absolute atomic E-state index is 0.220. The summed E-state index contributed by atoms with van der Waals surface area (Å²) in [6.07, 6.45) is 1.64. The molecule has 1 aromatic carbocycles. The summed E-state index contributed by atoms with van der Waals surface area (Å²) in [6, 6.07) is 16.6. The molecule has 0 saturated heterocycles. The van der Waals surface area contributed by atoms with E-state index in [0.717, 1.165) is 10.9 Å². The zero-order valence-electron chi connectivity index (χ0n) is 10.2. The molecule has 0 aliphatic rings. The lowest BCUT2D eigenvalue weighted by Gasteiger charge is -2.10. The average molecular weight is 252 g/mol. The van der Waals surface area contributed by atoms with E-state index in [1.54, 1.807) is 12.3 Å². The van der Waals surface area contributed by atoms with Gasteiger partial charge in [0.15, 0.2) is 5.65 Å². The summed E-state index contributed by atoms with van der Waals surface area (Å²) < 4.78 is 1.24. The fourth-order valence-corrected chi connectivity index (χ4v) is 1.88. The van der Waals surface area contributed by atoms with Crippen molar-refractivity contribution in [2.45, 2.75) is 6.61 Å². The van der Waals surface area contributed by atoms with Gasteiger partial charge in [0, 0.05) is 17.6 Å². The number of rotatable bonds is 3. The van der Waals surface area contributed by atoms with E-state index < -0.39 is 0 Å². The second kappa shape index (κ2) is 4.94. The molecule has 0 radical (unpaired) electrons. The van der Waals surface area contributed by atoms with Gasteiger partial charge in [-0.3, -0.25) is 4.79 Å². The second-order valence-corrected chi connectivity index (χ2v) is 4.14. The van der Waals surface area contributed by atoms with Gasteiger partial charge in [0.1, 0.15) is 6.61 Å². The van der Waals surface area contributed by atoms with E-state index in [0.29, 0.717) is 12.3 Å². The fraction of sp³-hybridized carbons (Fsp3) is 0.0667. The molecule has 94 valence electrons. The van der Waals surface area contributed by atoms with E-state index in [2.05, 4.69) is 4.98 Å². The number of aromatic nitrogens is 2. The summed E-state index contributed by atoms with van der Waals surface area (Å²) >= 11 is 0. The predicted molar refractivity (Wildman–Crippen MR) is 72.7 cm³/mol. The molecule has 0 unspecified atom stereocenters. The highest BCUT2D eigenvalue weighted by atomic mass is 16.7. The molecular formula is C15H12N2O2. The zero-order chi connectivity index (χ0) is 13.1. The molecule has 0 aliphatic heterocycles. The van der Waals surface area contributed by atoms with Crippen molar-refractivity contribution in [2.24, 2.45) is 0 Å². The monoisotopic (exact) mass is 252 g/mol. The van der Waals surface area contributed by atoms with Crippen molar-refractivity contribution in [2.75, 3.05) is 0 Å². The second-order valence-electron chi connectivity index (χ2n) is 4.14. The Morgan fingerprint density at radius 2 is 1.84 bits per heavy atom. The van der Waals surface area contributed by atoms with E-state index >= 15 is 0 Å². The van der Waals surface area contributed by atoms with Gasteiger partial charge in [0.05, 0.1) is 0 Å². The number of hydrogen-bond donors (Lipinski definition) is 0. The standard InChI is InChI=1S/C15H12N2O2/c18-14-9-8-13-7-4-10-16-15(13)17(14)19-11-12-5-2-1-3-6-12/h1-10H,11H2. The molecule has 0 amide bonds. The van der Waals surface area contributed by atoms with Crippen molar-refractivity contribution in [3.63, 3.8) is 0 Å². The van der Waals surface area contributed by atoms with Crippen LogP contribution in [0.5, 0.6) is 0 Å². The molecule has 3 rings (SSSR count). The van der Waals surface area contributed by atoms with Gasteiger partial charge in [-0.15, -0.1) is 4.73 Å².